The van der Waals surface area contributed by atoms with E-state index in [1.807, 2.05) is 12.3 Å². The lowest BCUT2D eigenvalue weighted by molar-refractivity contribution is 0.887. The Morgan fingerprint density at radius 2 is 1.81 bits per heavy atom. The normalized spacial score (nSPS) is 18.4. The van der Waals surface area contributed by atoms with Crippen LogP contribution in [0.1, 0.15) is 35.2 Å². The maximum Gasteiger partial charge on any atom is 0.0444 e. The highest BCUT2D eigenvalue weighted by molar-refractivity contribution is 5.41. The molecular weight excluding hydrogens is 194 g/mol. The van der Waals surface area contributed by atoms with E-state index >= 15 is 0 Å². The molecule has 1 aromatic heterocycles. The van der Waals surface area contributed by atoms with Crippen LogP contribution < -0.4 is 0 Å². The number of aromatic nitrogens is 1. The second kappa shape index (κ2) is 3.75. The first kappa shape index (κ1) is 9.59. The first-order valence-corrected chi connectivity index (χ1v) is 5.88. The van der Waals surface area contributed by atoms with E-state index in [0.717, 1.165) is 12.8 Å². The molecule has 1 atom stereocenters. The number of hydrogen-bond donors (Lipinski definition) is 0. The highest BCUT2D eigenvalue weighted by atomic mass is 14.7. The topological polar surface area (TPSA) is 12.9 Å². The van der Waals surface area contributed by atoms with Crippen LogP contribution in [0.5, 0.6) is 0 Å². The van der Waals surface area contributed by atoms with E-state index in [-0.39, 0.29) is 0 Å². The number of nitrogens with zero attached hydrogens (tertiary/aromatic N) is 1. The largest absolute Gasteiger partial charge is 0.261 e. The van der Waals surface area contributed by atoms with Crippen LogP contribution in [0, 0.1) is 0 Å². The minimum absolute atomic E-state index is 0.474. The number of fused-ring (bicyclic) bond motifs is 2. The van der Waals surface area contributed by atoms with Crippen LogP contribution in [-0.2, 0) is 12.8 Å². The van der Waals surface area contributed by atoms with E-state index in [9.17, 15) is 0 Å². The first-order chi connectivity index (χ1) is 7.86. The van der Waals surface area contributed by atoms with Crippen molar-refractivity contribution in [3.63, 3.8) is 0 Å². The Morgan fingerprint density at radius 1 is 1.00 bits per heavy atom. The fourth-order valence-corrected chi connectivity index (χ4v) is 2.66. The van der Waals surface area contributed by atoms with Gasteiger partial charge in [-0.25, -0.2) is 0 Å². The van der Waals surface area contributed by atoms with Crippen molar-refractivity contribution in [2.75, 3.05) is 0 Å². The number of benzene rings is 1. The van der Waals surface area contributed by atoms with E-state index < -0.39 is 0 Å². The molecule has 1 unspecified atom stereocenters. The number of pyridine rings is 1. The molecule has 80 valence electrons. The predicted octanol–water partition coefficient (Wildman–Crippen LogP) is 3.33. The molecule has 0 N–H and O–H groups in total. The molecule has 1 nitrogen and oxygen atoms in total. The maximum atomic E-state index is 4.51. The Hall–Kier alpha value is -1.63. The number of aryl methyl sites for hydroxylation is 2. The molecule has 3 rings (SSSR count). The lowest BCUT2D eigenvalue weighted by atomic mass is 9.91. The van der Waals surface area contributed by atoms with E-state index in [0.29, 0.717) is 5.92 Å². The van der Waals surface area contributed by atoms with Crippen LogP contribution in [0.15, 0.2) is 42.6 Å². The molecular formula is C15H15N. The molecule has 2 aromatic rings. The molecule has 1 aliphatic carbocycles. The third kappa shape index (κ3) is 1.44. The maximum absolute atomic E-state index is 4.51. The molecule has 0 saturated heterocycles. The van der Waals surface area contributed by atoms with Crippen molar-refractivity contribution >= 4 is 0 Å². The van der Waals surface area contributed by atoms with Gasteiger partial charge in [0.2, 0.25) is 0 Å². The van der Waals surface area contributed by atoms with Gasteiger partial charge in [0.05, 0.1) is 0 Å². The lowest BCUT2D eigenvalue weighted by Gasteiger charge is -2.14. The van der Waals surface area contributed by atoms with E-state index in [2.05, 4.69) is 42.2 Å². The molecule has 1 heterocycles. The fraction of sp³-hybridized carbons (Fsp3) is 0.267. The molecule has 16 heavy (non-hydrogen) atoms. The Bertz CT molecular complexity index is 469. The average molecular weight is 209 g/mol. The quantitative estimate of drug-likeness (QED) is 0.648. The van der Waals surface area contributed by atoms with Gasteiger partial charge in [-0.2, -0.15) is 0 Å². The summed E-state index contributed by atoms with van der Waals surface area (Å²) in [6, 6.07) is 13.0. The van der Waals surface area contributed by atoms with E-state index in [4.69, 9.17) is 0 Å². The Labute approximate surface area is 96.2 Å². The molecule has 0 spiro atoms. The van der Waals surface area contributed by atoms with Crippen LogP contribution in [0.25, 0.3) is 0 Å². The number of rotatable bonds is 0. The van der Waals surface area contributed by atoms with Gasteiger partial charge in [0.1, 0.15) is 0 Å². The Balaban J connectivity index is 2.18. The van der Waals surface area contributed by atoms with Gasteiger partial charge in [-0.3, -0.25) is 4.98 Å². The summed E-state index contributed by atoms with van der Waals surface area (Å²) in [6.07, 6.45) is 4.09. The van der Waals surface area contributed by atoms with Crippen molar-refractivity contribution in [3.8, 4) is 0 Å². The Kier molecular flexibility index (Phi) is 2.24. The lowest BCUT2D eigenvalue weighted by Crippen LogP contribution is -2.00. The van der Waals surface area contributed by atoms with Gasteiger partial charge in [-0.1, -0.05) is 37.3 Å². The van der Waals surface area contributed by atoms with Crippen LogP contribution in [0.4, 0.5) is 0 Å². The minimum atomic E-state index is 0.474. The van der Waals surface area contributed by atoms with Crippen molar-refractivity contribution in [1.29, 1.82) is 0 Å². The molecule has 0 amide bonds. The zero-order valence-electron chi connectivity index (χ0n) is 9.48. The summed E-state index contributed by atoms with van der Waals surface area (Å²) in [5.41, 5.74) is 5.61. The van der Waals surface area contributed by atoms with Gasteiger partial charge < -0.3 is 0 Å². The molecule has 0 fully saturated rings. The molecule has 0 radical (unpaired) electrons. The standard InChI is InChI=1S/C15H15N/c1-11-13-6-3-2-5-12(13)8-9-15-14(11)7-4-10-16-15/h2-7,10-11H,8-9H2,1H3. The van der Waals surface area contributed by atoms with Crippen molar-refractivity contribution in [1.82, 2.24) is 4.98 Å². The SMILES string of the molecule is CC1c2ccccc2CCc2ncccc21. The zero-order chi connectivity index (χ0) is 11.0. The van der Waals surface area contributed by atoms with Crippen LogP contribution in [0.2, 0.25) is 0 Å². The van der Waals surface area contributed by atoms with Gasteiger partial charge in [0.15, 0.2) is 0 Å². The van der Waals surface area contributed by atoms with Gasteiger partial charge in [-0.05, 0) is 35.6 Å². The van der Waals surface area contributed by atoms with Gasteiger partial charge in [0, 0.05) is 17.8 Å². The van der Waals surface area contributed by atoms with Gasteiger partial charge in [0.25, 0.3) is 0 Å². The summed E-state index contributed by atoms with van der Waals surface area (Å²) in [5, 5.41) is 0. The highest BCUT2D eigenvalue weighted by Gasteiger charge is 2.19. The smallest absolute Gasteiger partial charge is 0.0444 e. The summed E-state index contributed by atoms with van der Waals surface area (Å²) in [6.45, 7) is 2.28. The Morgan fingerprint density at radius 3 is 2.75 bits per heavy atom. The van der Waals surface area contributed by atoms with Crippen molar-refractivity contribution < 1.29 is 0 Å². The summed E-state index contributed by atoms with van der Waals surface area (Å²) >= 11 is 0. The molecule has 1 aromatic carbocycles. The average Bonchev–Trinajstić information content (AvgIpc) is 2.49. The van der Waals surface area contributed by atoms with Crippen molar-refractivity contribution in [3.05, 3.63) is 65.0 Å². The second-order valence-electron chi connectivity index (χ2n) is 4.46. The van der Waals surface area contributed by atoms with Crippen molar-refractivity contribution in [2.24, 2.45) is 0 Å². The molecule has 1 aliphatic rings. The minimum Gasteiger partial charge on any atom is -0.261 e. The second-order valence-corrected chi connectivity index (χ2v) is 4.46. The van der Waals surface area contributed by atoms with Crippen LogP contribution >= 0.6 is 0 Å². The van der Waals surface area contributed by atoms with Crippen LogP contribution in [-0.4, -0.2) is 4.98 Å². The van der Waals surface area contributed by atoms with Gasteiger partial charge >= 0.3 is 0 Å². The molecule has 0 saturated carbocycles. The molecule has 0 aliphatic heterocycles. The highest BCUT2D eigenvalue weighted by Crippen LogP contribution is 2.32. The summed E-state index contributed by atoms with van der Waals surface area (Å²) in [4.78, 5) is 4.51. The molecule has 1 heteroatoms. The van der Waals surface area contributed by atoms with Gasteiger partial charge in [-0.15, -0.1) is 0 Å². The fourth-order valence-electron chi connectivity index (χ4n) is 2.66. The predicted molar refractivity (Wildman–Crippen MR) is 65.6 cm³/mol. The molecule has 0 bridgehead atoms. The third-order valence-corrected chi connectivity index (χ3v) is 3.54. The first-order valence-electron chi connectivity index (χ1n) is 5.88. The summed E-state index contributed by atoms with van der Waals surface area (Å²) < 4.78 is 0. The van der Waals surface area contributed by atoms with E-state index in [1.54, 1.807) is 0 Å². The monoisotopic (exact) mass is 209 g/mol. The zero-order valence-corrected chi connectivity index (χ0v) is 9.48. The van der Waals surface area contributed by atoms with Crippen molar-refractivity contribution in [2.45, 2.75) is 25.7 Å². The summed E-state index contributed by atoms with van der Waals surface area (Å²) in [5.74, 6) is 0.474. The number of hydrogen-bond acceptors (Lipinski definition) is 1. The summed E-state index contributed by atoms with van der Waals surface area (Å²) in [7, 11) is 0. The van der Waals surface area contributed by atoms with Crippen LogP contribution in [0.3, 0.4) is 0 Å². The third-order valence-electron chi connectivity index (χ3n) is 3.54. The van der Waals surface area contributed by atoms with E-state index in [1.165, 1.54) is 22.4 Å².